The number of amides is 1. The summed E-state index contributed by atoms with van der Waals surface area (Å²) in [6.45, 7) is 3.22. The maximum atomic E-state index is 12.5. The van der Waals surface area contributed by atoms with E-state index in [1.165, 1.54) is 11.3 Å². The molecule has 1 aliphatic heterocycles. The van der Waals surface area contributed by atoms with E-state index in [-0.39, 0.29) is 11.9 Å². The summed E-state index contributed by atoms with van der Waals surface area (Å²) >= 11 is 1.47. The highest BCUT2D eigenvalue weighted by Gasteiger charge is 2.25. The molecule has 3 rings (SSSR count). The zero-order valence-electron chi connectivity index (χ0n) is 12.4. The molecule has 0 bridgehead atoms. The van der Waals surface area contributed by atoms with Crippen LogP contribution < -0.4 is 11.1 Å². The number of nitrogens with two attached hydrogens (primary N) is 1. The van der Waals surface area contributed by atoms with Gasteiger partial charge >= 0.3 is 0 Å². The van der Waals surface area contributed by atoms with Gasteiger partial charge in [-0.3, -0.25) is 4.79 Å². The maximum Gasteiger partial charge on any atom is 0.263 e. The molecule has 1 aliphatic rings. The molecule has 2 unspecified atom stereocenters. The van der Waals surface area contributed by atoms with Crippen molar-refractivity contribution in [3.8, 4) is 0 Å². The van der Waals surface area contributed by atoms with Crippen LogP contribution in [0.4, 0.5) is 5.69 Å². The molecule has 1 fully saturated rings. The molecular formula is C16H21N3OS. The summed E-state index contributed by atoms with van der Waals surface area (Å²) in [6, 6.07) is 8.64. The number of nitrogens with one attached hydrogen (secondary N) is 1. The number of carbonyl (C=O) groups excluding carboxylic acids is 1. The number of benzene rings is 1. The molecule has 0 radical (unpaired) electrons. The van der Waals surface area contributed by atoms with Crippen LogP contribution in [0, 0.1) is 0 Å². The topological polar surface area (TPSA) is 58.4 Å². The molecule has 3 N–H and O–H groups in total. The van der Waals surface area contributed by atoms with Crippen LogP contribution in [-0.2, 0) is 0 Å². The van der Waals surface area contributed by atoms with E-state index in [0.29, 0.717) is 16.6 Å². The minimum absolute atomic E-state index is 0.0320. The molecule has 1 amide bonds. The highest BCUT2D eigenvalue weighted by molar-refractivity contribution is 7.21. The first-order valence-electron chi connectivity index (χ1n) is 7.34. The van der Waals surface area contributed by atoms with Gasteiger partial charge in [-0.25, -0.2) is 0 Å². The highest BCUT2D eigenvalue weighted by Crippen LogP contribution is 2.33. The molecule has 2 atom stereocenters. The third-order valence-corrected chi connectivity index (χ3v) is 5.57. The van der Waals surface area contributed by atoms with E-state index >= 15 is 0 Å². The van der Waals surface area contributed by atoms with Crippen LogP contribution in [0.1, 0.15) is 29.4 Å². The van der Waals surface area contributed by atoms with Gasteiger partial charge in [0.2, 0.25) is 0 Å². The zero-order valence-corrected chi connectivity index (χ0v) is 13.2. The molecule has 1 aromatic heterocycles. The summed E-state index contributed by atoms with van der Waals surface area (Å²) in [5.74, 6) is -0.0320. The Hall–Kier alpha value is -1.59. The number of thiophene rings is 1. The van der Waals surface area contributed by atoms with Crippen LogP contribution in [0.3, 0.4) is 0 Å². The van der Waals surface area contributed by atoms with Gasteiger partial charge in [0, 0.05) is 28.7 Å². The van der Waals surface area contributed by atoms with Crippen molar-refractivity contribution in [2.45, 2.75) is 31.8 Å². The Morgan fingerprint density at radius 3 is 2.90 bits per heavy atom. The molecule has 112 valence electrons. The lowest BCUT2D eigenvalue weighted by molar-refractivity contribution is 0.0901. The van der Waals surface area contributed by atoms with Crippen LogP contribution >= 0.6 is 11.3 Å². The van der Waals surface area contributed by atoms with Gasteiger partial charge in [-0.15, -0.1) is 11.3 Å². The van der Waals surface area contributed by atoms with Crippen LogP contribution in [0.5, 0.6) is 0 Å². The summed E-state index contributed by atoms with van der Waals surface area (Å²) in [7, 11) is 2.13. The minimum Gasteiger partial charge on any atom is -0.397 e. The van der Waals surface area contributed by atoms with Gasteiger partial charge in [-0.05, 0) is 32.9 Å². The first-order chi connectivity index (χ1) is 10.1. The SMILES string of the molecule is CC1CC(NC(=O)c2sc3ccccc3c2N)CCN1C. The smallest absolute Gasteiger partial charge is 0.263 e. The number of anilines is 1. The van der Waals surface area contributed by atoms with Gasteiger partial charge in [-0.1, -0.05) is 18.2 Å². The molecule has 5 heteroatoms. The van der Waals surface area contributed by atoms with E-state index in [9.17, 15) is 4.79 Å². The number of hydrogen-bond acceptors (Lipinski definition) is 4. The fourth-order valence-corrected chi connectivity index (χ4v) is 3.93. The minimum atomic E-state index is -0.0320. The predicted octanol–water partition coefficient (Wildman–Crippen LogP) is 2.70. The van der Waals surface area contributed by atoms with Crippen molar-refractivity contribution >= 4 is 33.0 Å². The van der Waals surface area contributed by atoms with Crippen molar-refractivity contribution < 1.29 is 4.79 Å². The molecule has 21 heavy (non-hydrogen) atoms. The lowest BCUT2D eigenvalue weighted by atomic mass is 9.99. The fraction of sp³-hybridized carbons (Fsp3) is 0.438. The highest BCUT2D eigenvalue weighted by atomic mass is 32.1. The number of piperidine rings is 1. The van der Waals surface area contributed by atoms with Gasteiger partial charge in [0.05, 0.1) is 5.69 Å². The van der Waals surface area contributed by atoms with Gasteiger partial charge in [0.1, 0.15) is 4.88 Å². The van der Waals surface area contributed by atoms with Crippen molar-refractivity contribution in [3.05, 3.63) is 29.1 Å². The number of nitrogens with zero attached hydrogens (tertiary/aromatic N) is 1. The Bertz CT molecular complexity index is 667. The zero-order chi connectivity index (χ0) is 15.0. The van der Waals surface area contributed by atoms with E-state index in [0.717, 1.165) is 29.5 Å². The lowest BCUT2D eigenvalue weighted by Crippen LogP contribution is -2.47. The first-order valence-corrected chi connectivity index (χ1v) is 8.16. The standard InChI is InChI=1S/C16H21N3OS/c1-10-9-11(7-8-19(10)2)18-16(20)15-14(17)12-5-3-4-6-13(12)21-15/h3-6,10-11H,7-9,17H2,1-2H3,(H,18,20). The number of hydrogen-bond donors (Lipinski definition) is 2. The van der Waals surface area contributed by atoms with Crippen molar-refractivity contribution in [3.63, 3.8) is 0 Å². The molecule has 4 nitrogen and oxygen atoms in total. The molecule has 2 heterocycles. The number of nitrogen functional groups attached to an aromatic ring is 1. The molecular weight excluding hydrogens is 282 g/mol. The van der Waals surface area contributed by atoms with Crippen LogP contribution in [-0.4, -0.2) is 36.5 Å². The monoisotopic (exact) mass is 303 g/mol. The largest absolute Gasteiger partial charge is 0.397 e. The van der Waals surface area contributed by atoms with Gasteiger partial charge in [-0.2, -0.15) is 0 Å². The number of rotatable bonds is 2. The summed E-state index contributed by atoms with van der Waals surface area (Å²) in [5.41, 5.74) is 6.74. The molecule has 0 spiro atoms. The van der Waals surface area contributed by atoms with Crippen molar-refractivity contribution in [2.24, 2.45) is 0 Å². The second kappa shape index (κ2) is 5.66. The average molecular weight is 303 g/mol. The summed E-state index contributed by atoms with van der Waals surface area (Å²) in [6.07, 6.45) is 1.99. The van der Waals surface area contributed by atoms with Gasteiger partial charge in [0.25, 0.3) is 5.91 Å². The Labute approximate surface area is 128 Å². The van der Waals surface area contributed by atoms with Crippen molar-refractivity contribution in [1.29, 1.82) is 0 Å². The van der Waals surface area contributed by atoms with Crippen LogP contribution in [0.2, 0.25) is 0 Å². The van der Waals surface area contributed by atoms with Gasteiger partial charge in [0.15, 0.2) is 0 Å². The average Bonchev–Trinajstić information content (AvgIpc) is 2.81. The molecule has 0 saturated carbocycles. The lowest BCUT2D eigenvalue weighted by Gasteiger charge is -2.35. The van der Waals surface area contributed by atoms with Crippen molar-refractivity contribution in [2.75, 3.05) is 19.3 Å². The molecule has 2 aromatic rings. The Kier molecular flexibility index (Phi) is 3.87. The van der Waals surface area contributed by atoms with E-state index < -0.39 is 0 Å². The summed E-state index contributed by atoms with van der Waals surface area (Å²) in [4.78, 5) is 15.5. The van der Waals surface area contributed by atoms with E-state index in [4.69, 9.17) is 5.73 Å². The predicted molar refractivity (Wildman–Crippen MR) is 88.8 cm³/mol. The Morgan fingerprint density at radius 2 is 2.19 bits per heavy atom. The van der Waals surface area contributed by atoms with E-state index in [1.807, 2.05) is 24.3 Å². The quantitative estimate of drug-likeness (QED) is 0.897. The van der Waals surface area contributed by atoms with Crippen LogP contribution in [0.15, 0.2) is 24.3 Å². The molecule has 0 aliphatic carbocycles. The number of fused-ring (bicyclic) bond motifs is 1. The normalized spacial score (nSPS) is 23.3. The summed E-state index contributed by atoms with van der Waals surface area (Å²) < 4.78 is 1.07. The summed E-state index contributed by atoms with van der Waals surface area (Å²) in [5, 5.41) is 4.13. The number of carbonyl (C=O) groups is 1. The fourth-order valence-electron chi connectivity index (χ4n) is 2.91. The Balaban J connectivity index is 1.77. The number of likely N-dealkylation sites (tertiary alicyclic amines) is 1. The maximum absolute atomic E-state index is 12.5. The first kappa shape index (κ1) is 14.4. The van der Waals surface area contributed by atoms with Crippen molar-refractivity contribution in [1.82, 2.24) is 10.2 Å². The second-order valence-corrected chi connectivity index (χ2v) is 6.92. The van der Waals surface area contributed by atoms with E-state index in [2.05, 4.69) is 24.2 Å². The van der Waals surface area contributed by atoms with Crippen LogP contribution in [0.25, 0.3) is 10.1 Å². The van der Waals surface area contributed by atoms with Gasteiger partial charge < -0.3 is 16.0 Å². The third kappa shape index (κ3) is 2.76. The van der Waals surface area contributed by atoms with E-state index in [1.54, 1.807) is 0 Å². The second-order valence-electron chi connectivity index (χ2n) is 5.87. The Morgan fingerprint density at radius 1 is 1.43 bits per heavy atom. The molecule has 1 aromatic carbocycles. The molecule has 1 saturated heterocycles. The third-order valence-electron chi connectivity index (χ3n) is 4.38.